The first-order valence-electron chi connectivity index (χ1n) is 6.30. The second kappa shape index (κ2) is 6.02. The largest absolute Gasteiger partial charge is 0.437 e. The lowest BCUT2D eigenvalue weighted by atomic mass is 10.1. The maximum atomic E-state index is 9.52. The Morgan fingerprint density at radius 3 is 2.76 bits per heavy atom. The van der Waals surface area contributed by atoms with Gasteiger partial charge in [0.1, 0.15) is 5.75 Å². The van der Waals surface area contributed by atoms with Crippen LogP contribution in [0.5, 0.6) is 11.6 Å². The van der Waals surface area contributed by atoms with E-state index in [1.807, 2.05) is 36.4 Å². The number of hydrogen-bond acceptors (Lipinski definition) is 3. The van der Waals surface area contributed by atoms with E-state index in [0.29, 0.717) is 22.2 Å². The molecule has 0 amide bonds. The first-order valence-corrected chi connectivity index (χ1v) is 7.47. The van der Waals surface area contributed by atoms with Gasteiger partial charge in [0.05, 0.1) is 17.1 Å². The summed E-state index contributed by atoms with van der Waals surface area (Å²) >= 11 is 9.50. The SMILES string of the molecule is OCc1cc2ccccc2nc1Oc1cc(Br)ccc1Cl. The predicted molar refractivity (Wildman–Crippen MR) is 86.9 cm³/mol. The number of aliphatic hydroxyl groups is 1. The summed E-state index contributed by atoms with van der Waals surface area (Å²) in [5.74, 6) is 0.847. The van der Waals surface area contributed by atoms with Gasteiger partial charge in [-0.05, 0) is 30.3 Å². The molecule has 0 atom stereocenters. The third kappa shape index (κ3) is 3.02. The van der Waals surface area contributed by atoms with Gasteiger partial charge in [-0.25, -0.2) is 4.98 Å². The fourth-order valence-electron chi connectivity index (χ4n) is 2.00. The molecule has 21 heavy (non-hydrogen) atoms. The number of pyridine rings is 1. The van der Waals surface area contributed by atoms with Gasteiger partial charge in [0, 0.05) is 15.4 Å². The van der Waals surface area contributed by atoms with E-state index in [1.54, 1.807) is 12.1 Å². The maximum absolute atomic E-state index is 9.52. The number of nitrogens with zero attached hydrogens (tertiary/aromatic N) is 1. The van der Waals surface area contributed by atoms with Crippen LogP contribution >= 0.6 is 27.5 Å². The van der Waals surface area contributed by atoms with E-state index in [2.05, 4.69) is 20.9 Å². The quantitative estimate of drug-likeness (QED) is 0.716. The molecule has 2 aromatic carbocycles. The monoisotopic (exact) mass is 363 g/mol. The molecule has 0 bridgehead atoms. The highest BCUT2D eigenvalue weighted by molar-refractivity contribution is 9.10. The second-order valence-corrected chi connectivity index (χ2v) is 5.80. The number of fused-ring (bicyclic) bond motifs is 1. The van der Waals surface area contributed by atoms with Crippen molar-refractivity contribution in [3.05, 3.63) is 63.6 Å². The Balaban J connectivity index is 2.08. The fourth-order valence-corrected chi connectivity index (χ4v) is 2.50. The Morgan fingerprint density at radius 2 is 1.95 bits per heavy atom. The van der Waals surface area contributed by atoms with Crippen LogP contribution in [0.2, 0.25) is 5.02 Å². The van der Waals surface area contributed by atoms with Crippen molar-refractivity contribution in [3.8, 4) is 11.6 Å². The predicted octanol–water partition coefficient (Wildman–Crippen LogP) is 4.94. The van der Waals surface area contributed by atoms with Gasteiger partial charge >= 0.3 is 0 Å². The highest BCUT2D eigenvalue weighted by atomic mass is 79.9. The number of halogens is 2. The van der Waals surface area contributed by atoms with Crippen molar-refractivity contribution in [2.45, 2.75) is 6.61 Å². The molecule has 0 radical (unpaired) electrons. The van der Waals surface area contributed by atoms with E-state index in [0.717, 1.165) is 15.4 Å². The summed E-state index contributed by atoms with van der Waals surface area (Å²) in [6, 6.07) is 14.9. The number of aromatic nitrogens is 1. The van der Waals surface area contributed by atoms with Crippen LogP contribution in [0.3, 0.4) is 0 Å². The van der Waals surface area contributed by atoms with Crippen LogP contribution in [-0.4, -0.2) is 10.1 Å². The molecule has 106 valence electrons. The van der Waals surface area contributed by atoms with Crippen molar-refractivity contribution in [2.24, 2.45) is 0 Å². The lowest BCUT2D eigenvalue weighted by Gasteiger charge is -2.11. The molecular formula is C16H11BrClNO2. The number of hydrogen-bond donors (Lipinski definition) is 1. The molecule has 0 saturated carbocycles. The average molecular weight is 365 g/mol. The van der Waals surface area contributed by atoms with Gasteiger partial charge in [-0.2, -0.15) is 0 Å². The van der Waals surface area contributed by atoms with Crippen molar-refractivity contribution >= 4 is 38.4 Å². The van der Waals surface area contributed by atoms with Crippen molar-refractivity contribution in [1.29, 1.82) is 0 Å². The van der Waals surface area contributed by atoms with E-state index >= 15 is 0 Å². The van der Waals surface area contributed by atoms with Gasteiger partial charge in [-0.3, -0.25) is 0 Å². The van der Waals surface area contributed by atoms with Crippen LogP contribution in [0.15, 0.2) is 53.0 Å². The Hall–Kier alpha value is -1.62. The molecule has 3 nitrogen and oxygen atoms in total. The molecule has 0 fully saturated rings. The Labute approximate surface area is 135 Å². The Morgan fingerprint density at radius 1 is 1.14 bits per heavy atom. The van der Waals surface area contributed by atoms with E-state index in [-0.39, 0.29) is 6.61 Å². The summed E-state index contributed by atoms with van der Waals surface area (Å²) < 4.78 is 6.64. The second-order valence-electron chi connectivity index (χ2n) is 4.48. The minimum Gasteiger partial charge on any atom is -0.437 e. The number of ether oxygens (including phenoxy) is 1. The van der Waals surface area contributed by atoms with Crippen molar-refractivity contribution < 1.29 is 9.84 Å². The first-order chi connectivity index (χ1) is 10.2. The van der Waals surface area contributed by atoms with Gasteiger partial charge in [0.2, 0.25) is 5.88 Å². The van der Waals surface area contributed by atoms with Gasteiger partial charge < -0.3 is 9.84 Å². The van der Waals surface area contributed by atoms with Gasteiger partial charge in [-0.1, -0.05) is 45.7 Å². The molecular weight excluding hydrogens is 354 g/mol. The van der Waals surface area contributed by atoms with Crippen LogP contribution in [-0.2, 0) is 6.61 Å². The van der Waals surface area contributed by atoms with Gasteiger partial charge in [0.25, 0.3) is 0 Å². The van der Waals surface area contributed by atoms with Crippen LogP contribution in [0.4, 0.5) is 0 Å². The molecule has 0 aliphatic heterocycles. The lowest BCUT2D eigenvalue weighted by molar-refractivity contribution is 0.275. The lowest BCUT2D eigenvalue weighted by Crippen LogP contribution is -1.96. The minimum atomic E-state index is -0.154. The zero-order valence-electron chi connectivity index (χ0n) is 10.9. The minimum absolute atomic E-state index is 0.154. The van der Waals surface area contributed by atoms with Crippen molar-refractivity contribution in [3.63, 3.8) is 0 Å². The van der Waals surface area contributed by atoms with Crippen LogP contribution < -0.4 is 4.74 Å². The molecule has 0 aliphatic rings. The van der Waals surface area contributed by atoms with Crippen molar-refractivity contribution in [1.82, 2.24) is 4.98 Å². The average Bonchev–Trinajstić information content (AvgIpc) is 2.50. The summed E-state index contributed by atoms with van der Waals surface area (Å²) in [7, 11) is 0. The van der Waals surface area contributed by atoms with E-state index in [4.69, 9.17) is 16.3 Å². The molecule has 1 aromatic heterocycles. The summed E-state index contributed by atoms with van der Waals surface area (Å²) in [6.45, 7) is -0.154. The first kappa shape index (κ1) is 14.3. The Bertz CT molecular complexity index is 807. The molecule has 0 aliphatic carbocycles. The topological polar surface area (TPSA) is 42.4 Å². The molecule has 0 saturated heterocycles. The normalized spacial score (nSPS) is 10.8. The van der Waals surface area contributed by atoms with E-state index in [9.17, 15) is 5.11 Å². The van der Waals surface area contributed by atoms with E-state index in [1.165, 1.54) is 0 Å². The fraction of sp³-hybridized carbons (Fsp3) is 0.0625. The van der Waals surface area contributed by atoms with Crippen molar-refractivity contribution in [2.75, 3.05) is 0 Å². The molecule has 3 rings (SSSR count). The number of aliphatic hydroxyl groups excluding tert-OH is 1. The molecule has 0 spiro atoms. The zero-order chi connectivity index (χ0) is 14.8. The molecule has 0 unspecified atom stereocenters. The zero-order valence-corrected chi connectivity index (χ0v) is 13.2. The third-order valence-electron chi connectivity index (χ3n) is 3.03. The maximum Gasteiger partial charge on any atom is 0.225 e. The van der Waals surface area contributed by atoms with Crippen LogP contribution in [0.25, 0.3) is 10.9 Å². The van der Waals surface area contributed by atoms with Crippen LogP contribution in [0.1, 0.15) is 5.56 Å². The third-order valence-corrected chi connectivity index (χ3v) is 3.84. The standard InChI is InChI=1S/C16H11BrClNO2/c17-12-5-6-13(18)15(8-12)21-16-11(9-20)7-10-3-1-2-4-14(10)19-16/h1-8,20H,9H2. The summed E-state index contributed by atoms with van der Waals surface area (Å²) in [5, 5.41) is 11.0. The molecule has 3 aromatic rings. The smallest absolute Gasteiger partial charge is 0.225 e. The highest BCUT2D eigenvalue weighted by Crippen LogP contribution is 2.33. The summed E-state index contributed by atoms with van der Waals surface area (Å²) in [5.41, 5.74) is 1.42. The summed E-state index contributed by atoms with van der Waals surface area (Å²) in [6.07, 6.45) is 0. The highest BCUT2D eigenvalue weighted by Gasteiger charge is 2.11. The molecule has 1 heterocycles. The Kier molecular flexibility index (Phi) is 4.10. The molecule has 1 N–H and O–H groups in total. The summed E-state index contributed by atoms with van der Waals surface area (Å²) in [4.78, 5) is 4.46. The van der Waals surface area contributed by atoms with Crippen LogP contribution in [0, 0.1) is 0 Å². The number of benzene rings is 2. The number of rotatable bonds is 3. The molecule has 5 heteroatoms. The number of para-hydroxylation sites is 1. The van der Waals surface area contributed by atoms with Gasteiger partial charge in [0.15, 0.2) is 0 Å². The van der Waals surface area contributed by atoms with E-state index < -0.39 is 0 Å². The van der Waals surface area contributed by atoms with Gasteiger partial charge in [-0.15, -0.1) is 0 Å².